The van der Waals surface area contributed by atoms with Gasteiger partial charge in [0, 0.05) is 45.0 Å². The lowest BCUT2D eigenvalue weighted by molar-refractivity contribution is 0.0988. The number of rotatable bonds is 4. The van der Waals surface area contributed by atoms with Crippen molar-refractivity contribution in [2.24, 2.45) is 0 Å². The fourth-order valence-corrected chi connectivity index (χ4v) is 3.06. The monoisotopic (exact) mass is 339 g/mol. The first-order chi connectivity index (χ1) is 12.1. The van der Waals surface area contributed by atoms with Crippen LogP contribution in [0.5, 0.6) is 0 Å². The van der Waals surface area contributed by atoms with E-state index in [9.17, 15) is 4.79 Å². The minimum absolute atomic E-state index is 0.120. The van der Waals surface area contributed by atoms with Crippen LogP contribution in [0.2, 0.25) is 0 Å². The van der Waals surface area contributed by atoms with Crippen LogP contribution in [0.1, 0.15) is 23.2 Å². The van der Waals surface area contributed by atoms with E-state index in [1.165, 1.54) is 0 Å². The van der Waals surface area contributed by atoms with Crippen LogP contribution in [0, 0.1) is 6.92 Å². The number of likely N-dealkylation sites (N-methyl/N-ethyl adjacent to an activating group) is 1. The molecule has 0 unspecified atom stereocenters. The number of carbonyl (C=O) groups is 1. The molecule has 0 aliphatic carbocycles. The molecule has 0 atom stereocenters. The summed E-state index contributed by atoms with van der Waals surface area (Å²) in [6.45, 7) is 8.98. The van der Waals surface area contributed by atoms with Gasteiger partial charge in [-0.25, -0.2) is 9.97 Å². The maximum absolute atomic E-state index is 12.8. The van der Waals surface area contributed by atoms with Gasteiger partial charge in [-0.1, -0.05) is 25.1 Å². The highest BCUT2D eigenvalue weighted by Gasteiger charge is 2.21. The van der Waals surface area contributed by atoms with Gasteiger partial charge in [-0.05, 0) is 25.6 Å². The lowest BCUT2D eigenvalue weighted by Gasteiger charge is -2.34. The molecule has 0 N–H and O–H groups in total. The summed E-state index contributed by atoms with van der Waals surface area (Å²) in [4.78, 5) is 28.0. The second kappa shape index (κ2) is 7.61. The largest absolute Gasteiger partial charge is 0.354 e. The van der Waals surface area contributed by atoms with Crippen molar-refractivity contribution in [2.75, 3.05) is 49.6 Å². The van der Waals surface area contributed by atoms with Crippen LogP contribution in [0.4, 0.5) is 11.5 Å². The molecule has 2 aromatic rings. The van der Waals surface area contributed by atoms with Crippen molar-refractivity contribution in [3.05, 3.63) is 47.9 Å². The molecule has 0 spiro atoms. The van der Waals surface area contributed by atoms with Gasteiger partial charge < -0.3 is 14.7 Å². The SMILES string of the molecule is CCN1CCN(c2cc(C(=O)N(C)c3ccccc3)nc(C)n2)CC1. The molecule has 1 aromatic carbocycles. The predicted molar refractivity (Wildman–Crippen MR) is 100 cm³/mol. The standard InChI is InChI=1S/C19H25N5O/c1-4-23-10-12-24(13-11-23)18-14-17(20-15(2)21-18)19(25)22(3)16-8-6-5-7-9-16/h5-9,14H,4,10-13H2,1-3H3. The summed E-state index contributed by atoms with van der Waals surface area (Å²) in [5, 5.41) is 0. The highest BCUT2D eigenvalue weighted by molar-refractivity contribution is 6.04. The average molecular weight is 339 g/mol. The van der Waals surface area contributed by atoms with E-state index in [0.29, 0.717) is 11.5 Å². The summed E-state index contributed by atoms with van der Waals surface area (Å²) in [5.74, 6) is 1.35. The summed E-state index contributed by atoms with van der Waals surface area (Å²) in [6, 6.07) is 11.4. The van der Waals surface area contributed by atoms with E-state index < -0.39 is 0 Å². The fourth-order valence-electron chi connectivity index (χ4n) is 3.06. The normalized spacial score (nSPS) is 15.2. The summed E-state index contributed by atoms with van der Waals surface area (Å²) in [6.07, 6.45) is 0. The van der Waals surface area contributed by atoms with Crippen molar-refractivity contribution in [1.82, 2.24) is 14.9 Å². The lowest BCUT2D eigenvalue weighted by atomic mass is 10.2. The number of piperazine rings is 1. The van der Waals surface area contributed by atoms with E-state index in [-0.39, 0.29) is 5.91 Å². The molecule has 1 fully saturated rings. The maximum atomic E-state index is 12.8. The van der Waals surface area contributed by atoms with Gasteiger partial charge in [-0.15, -0.1) is 0 Å². The number of benzene rings is 1. The van der Waals surface area contributed by atoms with Crippen molar-refractivity contribution in [3.63, 3.8) is 0 Å². The molecule has 3 rings (SSSR count). The summed E-state index contributed by atoms with van der Waals surface area (Å²) >= 11 is 0. The van der Waals surface area contributed by atoms with Crippen LogP contribution < -0.4 is 9.80 Å². The number of carbonyl (C=O) groups excluding carboxylic acids is 1. The molecular formula is C19H25N5O. The lowest BCUT2D eigenvalue weighted by Crippen LogP contribution is -2.46. The van der Waals surface area contributed by atoms with E-state index >= 15 is 0 Å². The zero-order valence-electron chi connectivity index (χ0n) is 15.1. The Kier molecular flexibility index (Phi) is 5.28. The number of anilines is 2. The third-order valence-electron chi connectivity index (χ3n) is 4.64. The molecular weight excluding hydrogens is 314 g/mol. The third-order valence-corrected chi connectivity index (χ3v) is 4.64. The molecule has 0 saturated carbocycles. The quantitative estimate of drug-likeness (QED) is 0.855. The minimum atomic E-state index is -0.120. The van der Waals surface area contributed by atoms with Gasteiger partial charge in [-0.3, -0.25) is 4.79 Å². The highest BCUT2D eigenvalue weighted by Crippen LogP contribution is 2.18. The van der Waals surface area contributed by atoms with Crippen molar-refractivity contribution in [2.45, 2.75) is 13.8 Å². The molecule has 1 aromatic heterocycles. The van der Waals surface area contributed by atoms with E-state index in [4.69, 9.17) is 0 Å². The summed E-state index contributed by atoms with van der Waals surface area (Å²) < 4.78 is 0. The predicted octanol–water partition coefficient (Wildman–Crippen LogP) is 2.20. The van der Waals surface area contributed by atoms with Gasteiger partial charge in [-0.2, -0.15) is 0 Å². The van der Waals surface area contributed by atoms with Crippen LogP contribution in [0.3, 0.4) is 0 Å². The number of nitrogens with zero attached hydrogens (tertiary/aromatic N) is 5. The molecule has 0 radical (unpaired) electrons. The average Bonchev–Trinajstić information content (AvgIpc) is 2.67. The van der Waals surface area contributed by atoms with Gasteiger partial charge in [0.05, 0.1) is 0 Å². The van der Waals surface area contributed by atoms with Gasteiger partial charge in [0.25, 0.3) is 5.91 Å². The van der Waals surface area contributed by atoms with Crippen LogP contribution in [0.15, 0.2) is 36.4 Å². The van der Waals surface area contributed by atoms with E-state index in [1.807, 2.05) is 43.3 Å². The Morgan fingerprint density at radius 3 is 2.44 bits per heavy atom. The molecule has 1 saturated heterocycles. The first-order valence-electron chi connectivity index (χ1n) is 8.74. The Morgan fingerprint density at radius 2 is 1.80 bits per heavy atom. The number of para-hydroxylation sites is 1. The number of aryl methyl sites for hydroxylation is 1. The van der Waals surface area contributed by atoms with E-state index in [0.717, 1.165) is 44.2 Å². The van der Waals surface area contributed by atoms with E-state index in [1.54, 1.807) is 11.9 Å². The van der Waals surface area contributed by atoms with Crippen LogP contribution in [0.25, 0.3) is 0 Å². The maximum Gasteiger partial charge on any atom is 0.276 e. The molecule has 0 bridgehead atoms. The molecule has 132 valence electrons. The molecule has 25 heavy (non-hydrogen) atoms. The summed E-state index contributed by atoms with van der Waals surface area (Å²) in [7, 11) is 1.77. The second-order valence-corrected chi connectivity index (χ2v) is 6.28. The Bertz CT molecular complexity index is 726. The topological polar surface area (TPSA) is 52.6 Å². The molecule has 1 aliphatic heterocycles. The van der Waals surface area contributed by atoms with Gasteiger partial charge in [0.1, 0.15) is 17.3 Å². The Morgan fingerprint density at radius 1 is 1.12 bits per heavy atom. The van der Waals surface area contributed by atoms with Crippen molar-refractivity contribution >= 4 is 17.4 Å². The highest BCUT2D eigenvalue weighted by atomic mass is 16.2. The fraction of sp³-hybridized carbons (Fsp3) is 0.421. The molecule has 6 heteroatoms. The zero-order chi connectivity index (χ0) is 17.8. The van der Waals surface area contributed by atoms with Crippen molar-refractivity contribution in [3.8, 4) is 0 Å². The van der Waals surface area contributed by atoms with Crippen LogP contribution in [-0.4, -0.2) is 60.5 Å². The van der Waals surface area contributed by atoms with Crippen molar-refractivity contribution < 1.29 is 4.79 Å². The zero-order valence-corrected chi connectivity index (χ0v) is 15.1. The second-order valence-electron chi connectivity index (χ2n) is 6.28. The van der Waals surface area contributed by atoms with Crippen LogP contribution in [-0.2, 0) is 0 Å². The first-order valence-corrected chi connectivity index (χ1v) is 8.74. The molecule has 1 aliphatic rings. The molecule has 1 amide bonds. The van der Waals surface area contributed by atoms with Gasteiger partial charge in [0.15, 0.2) is 0 Å². The Labute approximate surface area is 149 Å². The first kappa shape index (κ1) is 17.4. The molecule has 2 heterocycles. The Hall–Kier alpha value is -2.47. The van der Waals surface area contributed by atoms with Crippen molar-refractivity contribution in [1.29, 1.82) is 0 Å². The summed E-state index contributed by atoms with van der Waals surface area (Å²) in [5.41, 5.74) is 1.29. The smallest absolute Gasteiger partial charge is 0.276 e. The number of hydrogen-bond donors (Lipinski definition) is 0. The Balaban J connectivity index is 1.81. The van der Waals surface area contributed by atoms with Gasteiger partial charge >= 0.3 is 0 Å². The number of amides is 1. The molecule has 6 nitrogen and oxygen atoms in total. The minimum Gasteiger partial charge on any atom is -0.354 e. The number of hydrogen-bond acceptors (Lipinski definition) is 5. The van der Waals surface area contributed by atoms with E-state index in [2.05, 4.69) is 26.7 Å². The number of aromatic nitrogens is 2. The third kappa shape index (κ3) is 3.96. The van der Waals surface area contributed by atoms with Crippen LogP contribution >= 0.6 is 0 Å². The van der Waals surface area contributed by atoms with Gasteiger partial charge in [0.2, 0.25) is 0 Å².